The number of morpholine rings is 1. The van der Waals surface area contributed by atoms with Gasteiger partial charge < -0.3 is 14.5 Å². The third-order valence-electron chi connectivity index (χ3n) is 4.65. The van der Waals surface area contributed by atoms with Crippen molar-refractivity contribution in [2.24, 2.45) is 0 Å². The molecule has 0 aliphatic carbocycles. The maximum atomic E-state index is 13.0. The third kappa shape index (κ3) is 3.32. The van der Waals surface area contributed by atoms with Gasteiger partial charge >= 0.3 is 0 Å². The second-order valence-corrected chi connectivity index (χ2v) is 6.62. The first kappa shape index (κ1) is 16.3. The Bertz CT molecular complexity index is 792. The van der Waals surface area contributed by atoms with Crippen molar-refractivity contribution < 1.29 is 9.53 Å². The van der Waals surface area contributed by atoms with E-state index in [2.05, 4.69) is 22.1 Å². The molecular formula is C18H19ClN4O2. The number of hydrogen-bond donors (Lipinski definition) is 0. The molecule has 1 amide bonds. The summed E-state index contributed by atoms with van der Waals surface area (Å²) in [7, 11) is 0. The van der Waals surface area contributed by atoms with Gasteiger partial charge in [0.1, 0.15) is 0 Å². The second-order valence-electron chi connectivity index (χ2n) is 6.21. The van der Waals surface area contributed by atoms with Gasteiger partial charge in [-0.3, -0.25) is 4.79 Å². The Labute approximate surface area is 151 Å². The molecule has 7 heteroatoms. The average molecular weight is 359 g/mol. The van der Waals surface area contributed by atoms with E-state index >= 15 is 0 Å². The number of benzene rings is 1. The van der Waals surface area contributed by atoms with E-state index in [9.17, 15) is 4.79 Å². The average Bonchev–Trinajstić information content (AvgIpc) is 2.68. The van der Waals surface area contributed by atoms with E-state index < -0.39 is 0 Å². The first-order valence-electron chi connectivity index (χ1n) is 8.43. The van der Waals surface area contributed by atoms with Gasteiger partial charge in [0.05, 0.1) is 24.4 Å². The summed E-state index contributed by atoms with van der Waals surface area (Å²) in [6.45, 7) is 3.96. The number of rotatable bonds is 2. The molecule has 0 atom stereocenters. The molecule has 0 spiro atoms. The molecule has 0 radical (unpaired) electrons. The van der Waals surface area contributed by atoms with E-state index in [0.29, 0.717) is 50.4 Å². The predicted octanol–water partition coefficient (Wildman–Crippen LogP) is 2.17. The van der Waals surface area contributed by atoms with Crippen LogP contribution in [-0.2, 0) is 17.7 Å². The fourth-order valence-electron chi connectivity index (χ4n) is 3.24. The normalized spacial score (nSPS) is 17.3. The number of halogens is 1. The number of nitrogens with zero attached hydrogens (tertiary/aromatic N) is 4. The smallest absolute Gasteiger partial charge is 0.274 e. The molecule has 2 aromatic rings. The van der Waals surface area contributed by atoms with Crippen LogP contribution in [0, 0.1) is 0 Å². The zero-order valence-electron chi connectivity index (χ0n) is 13.8. The van der Waals surface area contributed by atoms with Crippen molar-refractivity contribution in [1.82, 2.24) is 14.9 Å². The van der Waals surface area contributed by atoms with Crippen LogP contribution in [0.4, 0.5) is 5.95 Å². The molecule has 1 fully saturated rings. The third-order valence-corrected chi connectivity index (χ3v) is 4.92. The Morgan fingerprint density at radius 1 is 1.12 bits per heavy atom. The molecule has 0 unspecified atom stereocenters. The summed E-state index contributed by atoms with van der Waals surface area (Å²) in [5.74, 6) is 0.393. The van der Waals surface area contributed by atoms with Crippen molar-refractivity contribution in [2.45, 2.75) is 13.0 Å². The van der Waals surface area contributed by atoms with Crippen molar-refractivity contribution in [2.75, 3.05) is 37.7 Å². The predicted molar refractivity (Wildman–Crippen MR) is 95.0 cm³/mol. The van der Waals surface area contributed by atoms with Crippen molar-refractivity contribution in [1.29, 1.82) is 0 Å². The molecule has 1 aromatic carbocycles. The zero-order valence-corrected chi connectivity index (χ0v) is 14.6. The largest absolute Gasteiger partial charge is 0.378 e. The van der Waals surface area contributed by atoms with E-state index in [-0.39, 0.29) is 11.6 Å². The summed E-state index contributed by atoms with van der Waals surface area (Å²) in [6.07, 6.45) is 2.37. The number of ether oxygens (including phenoxy) is 1. The van der Waals surface area contributed by atoms with Gasteiger partial charge in [0.25, 0.3) is 5.91 Å². The van der Waals surface area contributed by atoms with Gasteiger partial charge in [-0.1, -0.05) is 35.9 Å². The van der Waals surface area contributed by atoms with Crippen LogP contribution in [0.25, 0.3) is 0 Å². The van der Waals surface area contributed by atoms with E-state index in [1.165, 1.54) is 17.3 Å². The van der Waals surface area contributed by atoms with Crippen molar-refractivity contribution in [3.05, 3.63) is 52.3 Å². The molecule has 3 heterocycles. The number of hydrogen-bond acceptors (Lipinski definition) is 5. The maximum Gasteiger partial charge on any atom is 0.274 e. The van der Waals surface area contributed by atoms with Crippen LogP contribution >= 0.6 is 11.6 Å². The van der Waals surface area contributed by atoms with Crippen molar-refractivity contribution in [3.8, 4) is 0 Å². The van der Waals surface area contributed by atoms with Gasteiger partial charge in [-0.2, -0.15) is 0 Å². The number of fused-ring (bicyclic) bond motifs is 1. The van der Waals surface area contributed by atoms with Gasteiger partial charge in [0.2, 0.25) is 5.95 Å². The Morgan fingerprint density at radius 3 is 2.68 bits per heavy atom. The van der Waals surface area contributed by atoms with Gasteiger partial charge in [-0.25, -0.2) is 9.97 Å². The lowest BCUT2D eigenvalue weighted by Crippen LogP contribution is -2.39. The number of aromatic nitrogens is 2. The molecular weight excluding hydrogens is 340 g/mol. The number of carbonyl (C=O) groups excluding carboxylic acids is 1. The maximum absolute atomic E-state index is 13.0. The minimum atomic E-state index is -0.142. The van der Waals surface area contributed by atoms with Crippen LogP contribution in [0.2, 0.25) is 5.02 Å². The molecule has 1 aromatic heterocycles. The second kappa shape index (κ2) is 6.98. The molecule has 2 aliphatic rings. The van der Waals surface area contributed by atoms with E-state index in [0.717, 1.165) is 6.42 Å². The van der Waals surface area contributed by atoms with Crippen LogP contribution in [0.3, 0.4) is 0 Å². The lowest BCUT2D eigenvalue weighted by atomic mass is 10.00. The van der Waals surface area contributed by atoms with Crippen LogP contribution in [0.5, 0.6) is 0 Å². The molecule has 0 bridgehead atoms. The molecule has 6 nitrogen and oxygen atoms in total. The fraction of sp³-hybridized carbons (Fsp3) is 0.389. The topological polar surface area (TPSA) is 58.6 Å². The molecule has 1 saturated heterocycles. The van der Waals surface area contributed by atoms with Gasteiger partial charge in [0, 0.05) is 26.2 Å². The Balaban J connectivity index is 1.57. The van der Waals surface area contributed by atoms with Crippen LogP contribution in [0.1, 0.15) is 21.6 Å². The van der Waals surface area contributed by atoms with Crippen molar-refractivity contribution >= 4 is 23.5 Å². The minimum absolute atomic E-state index is 0.142. The monoisotopic (exact) mass is 358 g/mol. The summed E-state index contributed by atoms with van der Waals surface area (Å²) < 4.78 is 5.35. The quantitative estimate of drug-likeness (QED) is 0.823. The highest BCUT2D eigenvalue weighted by molar-refractivity contribution is 6.33. The first-order chi connectivity index (χ1) is 12.2. The molecule has 25 heavy (non-hydrogen) atoms. The standard InChI is InChI=1S/C18H19ClN4O2/c19-15-11-20-18(22-7-9-25-10-8-22)21-16(15)17(24)23-6-5-13-3-1-2-4-14(13)12-23/h1-4,11H,5-10,12H2. The van der Waals surface area contributed by atoms with Gasteiger partial charge in [-0.15, -0.1) is 0 Å². The van der Waals surface area contributed by atoms with Crippen molar-refractivity contribution in [3.63, 3.8) is 0 Å². The highest BCUT2D eigenvalue weighted by Crippen LogP contribution is 2.23. The molecule has 130 valence electrons. The van der Waals surface area contributed by atoms with Crippen LogP contribution < -0.4 is 4.90 Å². The summed E-state index contributed by atoms with van der Waals surface area (Å²) in [5.41, 5.74) is 2.76. The molecule has 0 saturated carbocycles. The molecule has 4 rings (SSSR count). The van der Waals surface area contributed by atoms with Gasteiger partial charge in [0.15, 0.2) is 5.69 Å². The minimum Gasteiger partial charge on any atom is -0.378 e. The van der Waals surface area contributed by atoms with Crippen LogP contribution in [-0.4, -0.2) is 53.6 Å². The highest BCUT2D eigenvalue weighted by atomic mass is 35.5. The lowest BCUT2D eigenvalue weighted by molar-refractivity contribution is 0.0728. The molecule has 0 N–H and O–H groups in total. The summed E-state index contributed by atoms with van der Waals surface area (Å²) in [5, 5.41) is 0.292. The van der Waals surface area contributed by atoms with E-state index in [4.69, 9.17) is 16.3 Å². The zero-order chi connectivity index (χ0) is 17.2. The molecule has 2 aliphatic heterocycles. The van der Waals surface area contributed by atoms with Gasteiger partial charge in [-0.05, 0) is 17.5 Å². The number of carbonyl (C=O) groups is 1. The summed E-state index contributed by atoms with van der Waals surface area (Å²) >= 11 is 6.23. The van der Waals surface area contributed by atoms with E-state index in [1.807, 2.05) is 17.0 Å². The number of anilines is 1. The summed E-state index contributed by atoms with van der Waals surface area (Å²) in [6, 6.07) is 8.22. The van der Waals surface area contributed by atoms with Crippen LogP contribution in [0.15, 0.2) is 30.5 Å². The first-order valence-corrected chi connectivity index (χ1v) is 8.81. The lowest BCUT2D eigenvalue weighted by Gasteiger charge is -2.30. The number of amides is 1. The Morgan fingerprint density at radius 2 is 1.88 bits per heavy atom. The Kier molecular flexibility index (Phi) is 4.55. The SMILES string of the molecule is O=C(c1nc(N2CCOCC2)ncc1Cl)N1CCc2ccccc2C1. The van der Waals surface area contributed by atoms with E-state index in [1.54, 1.807) is 4.90 Å². The summed E-state index contributed by atoms with van der Waals surface area (Å²) in [4.78, 5) is 25.5. The fourth-order valence-corrected chi connectivity index (χ4v) is 3.41. The Hall–Kier alpha value is -2.18. The highest BCUT2D eigenvalue weighted by Gasteiger charge is 2.26.